The molecular weight excluding hydrogens is 402 g/mol. The molecule has 1 aromatic carbocycles. The van der Waals surface area contributed by atoms with Gasteiger partial charge in [0, 0.05) is 6.42 Å². The summed E-state index contributed by atoms with van der Waals surface area (Å²) in [6.45, 7) is 5.89. The maximum absolute atomic E-state index is 12.2. The molecule has 3 saturated heterocycles. The number of nitrogens with zero attached hydrogens (tertiary/aromatic N) is 1. The summed E-state index contributed by atoms with van der Waals surface area (Å²) >= 11 is 0. The highest BCUT2D eigenvalue weighted by molar-refractivity contribution is 5.69. The lowest BCUT2D eigenvalue weighted by atomic mass is 9.91. The Morgan fingerprint density at radius 1 is 1.19 bits per heavy atom. The number of aliphatic hydroxyl groups excluding tert-OH is 2. The van der Waals surface area contributed by atoms with Crippen molar-refractivity contribution in [2.75, 3.05) is 26.2 Å². The Kier molecular flexibility index (Phi) is 6.67. The van der Waals surface area contributed by atoms with E-state index in [1.165, 1.54) is 0 Å². The van der Waals surface area contributed by atoms with Gasteiger partial charge in [-0.1, -0.05) is 30.3 Å². The van der Waals surface area contributed by atoms with Gasteiger partial charge in [-0.3, -0.25) is 9.69 Å². The highest BCUT2D eigenvalue weighted by Crippen LogP contribution is 2.43. The van der Waals surface area contributed by atoms with Crippen molar-refractivity contribution < 1.29 is 34.0 Å². The van der Waals surface area contributed by atoms with Gasteiger partial charge in [-0.05, 0) is 51.3 Å². The molecule has 0 saturated carbocycles. The fraction of sp³-hybridized carbons (Fsp3) is 0.696. The van der Waals surface area contributed by atoms with Crippen molar-refractivity contribution >= 4 is 5.97 Å². The van der Waals surface area contributed by atoms with E-state index >= 15 is 0 Å². The number of rotatable bonds is 6. The molecule has 0 aromatic heterocycles. The van der Waals surface area contributed by atoms with Gasteiger partial charge in [0.05, 0.1) is 13.2 Å². The van der Waals surface area contributed by atoms with Crippen LogP contribution in [0.25, 0.3) is 0 Å². The first-order chi connectivity index (χ1) is 14.8. The van der Waals surface area contributed by atoms with Crippen molar-refractivity contribution in [2.45, 2.75) is 69.6 Å². The number of fused-ring (bicyclic) bond motifs is 1. The summed E-state index contributed by atoms with van der Waals surface area (Å²) in [5.74, 6) is -1.90. The van der Waals surface area contributed by atoms with Crippen LogP contribution in [-0.4, -0.2) is 77.2 Å². The molecule has 0 aliphatic carbocycles. The van der Waals surface area contributed by atoms with Gasteiger partial charge in [-0.25, -0.2) is 0 Å². The maximum atomic E-state index is 12.2. The first kappa shape index (κ1) is 22.6. The predicted octanol–water partition coefficient (Wildman–Crippen LogP) is 1.43. The monoisotopic (exact) mass is 435 g/mol. The molecule has 0 spiro atoms. The van der Waals surface area contributed by atoms with Crippen molar-refractivity contribution in [1.82, 2.24) is 4.90 Å². The average molecular weight is 436 g/mol. The minimum atomic E-state index is -1.11. The van der Waals surface area contributed by atoms with Gasteiger partial charge in [0.25, 0.3) is 0 Å². The normalized spacial score (nSPS) is 33.7. The number of esters is 1. The van der Waals surface area contributed by atoms with Gasteiger partial charge in [0.1, 0.15) is 24.9 Å². The van der Waals surface area contributed by atoms with Crippen molar-refractivity contribution in [2.24, 2.45) is 5.92 Å². The first-order valence-electron chi connectivity index (χ1n) is 11.1. The molecule has 8 heteroatoms. The van der Waals surface area contributed by atoms with Gasteiger partial charge in [0.2, 0.25) is 5.79 Å². The van der Waals surface area contributed by atoms with Gasteiger partial charge in [-0.15, -0.1) is 0 Å². The van der Waals surface area contributed by atoms with E-state index in [2.05, 4.69) is 4.90 Å². The van der Waals surface area contributed by atoms with Gasteiger partial charge < -0.3 is 29.2 Å². The van der Waals surface area contributed by atoms with Crippen LogP contribution in [0.3, 0.4) is 0 Å². The molecule has 2 N–H and O–H groups in total. The second-order valence-electron chi connectivity index (χ2n) is 9.29. The largest absolute Gasteiger partial charge is 0.461 e. The van der Waals surface area contributed by atoms with E-state index in [-0.39, 0.29) is 18.5 Å². The number of carbonyl (C=O) groups excluding carboxylic acids is 1. The summed E-state index contributed by atoms with van der Waals surface area (Å²) in [5, 5.41) is 20.4. The third-order valence-corrected chi connectivity index (χ3v) is 6.31. The zero-order valence-electron chi connectivity index (χ0n) is 18.2. The lowest BCUT2D eigenvalue weighted by Gasteiger charge is -2.44. The summed E-state index contributed by atoms with van der Waals surface area (Å²) in [6.07, 6.45) is -0.650. The lowest BCUT2D eigenvalue weighted by Crippen LogP contribution is -2.63. The molecule has 4 atom stereocenters. The fourth-order valence-corrected chi connectivity index (χ4v) is 4.72. The average Bonchev–Trinajstić information content (AvgIpc) is 3.03. The number of hydrogen-bond acceptors (Lipinski definition) is 8. The molecule has 3 heterocycles. The zero-order valence-corrected chi connectivity index (χ0v) is 18.2. The van der Waals surface area contributed by atoms with E-state index in [9.17, 15) is 15.0 Å². The quantitative estimate of drug-likeness (QED) is 0.648. The van der Waals surface area contributed by atoms with E-state index in [4.69, 9.17) is 18.9 Å². The molecule has 1 aromatic rings. The second kappa shape index (κ2) is 9.13. The Hall–Kier alpha value is -1.55. The lowest BCUT2D eigenvalue weighted by molar-refractivity contribution is -0.298. The molecule has 0 unspecified atom stereocenters. The number of ether oxygens (including phenoxy) is 4. The SMILES string of the molecule is CC1(C)O[C@H]2[C@H](O)[C@H](O)CO[C@@]2(CN2CCC(CC(=O)OCc3ccccc3)CC2)O1. The second-order valence-corrected chi connectivity index (χ2v) is 9.29. The third-order valence-electron chi connectivity index (χ3n) is 6.31. The molecule has 4 rings (SSSR count). The molecule has 172 valence electrons. The Morgan fingerprint density at radius 3 is 2.61 bits per heavy atom. The predicted molar refractivity (Wildman–Crippen MR) is 111 cm³/mol. The molecule has 3 aliphatic rings. The van der Waals surface area contributed by atoms with Crippen LogP contribution in [0.1, 0.15) is 38.7 Å². The van der Waals surface area contributed by atoms with Crippen LogP contribution < -0.4 is 0 Å². The highest BCUT2D eigenvalue weighted by Gasteiger charge is 2.61. The van der Waals surface area contributed by atoms with Gasteiger partial charge in [0.15, 0.2) is 5.79 Å². The Labute approximate surface area is 183 Å². The summed E-state index contributed by atoms with van der Waals surface area (Å²) in [5.41, 5.74) is 0.987. The number of piperidine rings is 1. The van der Waals surface area contributed by atoms with Crippen molar-refractivity contribution in [3.63, 3.8) is 0 Å². The Morgan fingerprint density at radius 2 is 1.90 bits per heavy atom. The number of aliphatic hydroxyl groups is 2. The first-order valence-corrected chi connectivity index (χ1v) is 11.1. The minimum Gasteiger partial charge on any atom is -0.461 e. The number of carbonyl (C=O) groups is 1. The Balaban J connectivity index is 1.26. The fourth-order valence-electron chi connectivity index (χ4n) is 4.72. The number of benzene rings is 1. The number of hydrogen-bond donors (Lipinski definition) is 2. The minimum absolute atomic E-state index is 0.000820. The summed E-state index contributed by atoms with van der Waals surface area (Å²) in [4.78, 5) is 14.4. The van der Waals surface area contributed by atoms with Crippen LogP contribution in [0.4, 0.5) is 0 Å². The zero-order chi connectivity index (χ0) is 22.1. The molecule has 3 aliphatic heterocycles. The standard InChI is InChI=1S/C23H33NO7/c1-22(2)30-21-20(27)18(25)14-29-23(21,31-22)15-24-10-8-16(9-11-24)12-19(26)28-13-17-6-4-3-5-7-17/h3-7,16,18,20-21,25,27H,8-15H2,1-2H3/t18-,20-,21+,23+/m1/s1. The van der Waals surface area contributed by atoms with Gasteiger partial charge in [-0.2, -0.15) is 0 Å². The molecule has 31 heavy (non-hydrogen) atoms. The Bertz CT molecular complexity index is 750. The summed E-state index contributed by atoms with van der Waals surface area (Å²) in [7, 11) is 0. The topological polar surface area (TPSA) is 97.7 Å². The highest BCUT2D eigenvalue weighted by atomic mass is 16.8. The van der Waals surface area contributed by atoms with Crippen LogP contribution in [0.2, 0.25) is 0 Å². The molecule has 0 amide bonds. The van der Waals surface area contributed by atoms with Crippen molar-refractivity contribution in [1.29, 1.82) is 0 Å². The van der Waals surface area contributed by atoms with Crippen LogP contribution in [-0.2, 0) is 30.3 Å². The van der Waals surface area contributed by atoms with E-state index in [1.807, 2.05) is 30.3 Å². The smallest absolute Gasteiger partial charge is 0.306 e. The van der Waals surface area contributed by atoms with Gasteiger partial charge >= 0.3 is 5.97 Å². The molecule has 3 fully saturated rings. The third kappa shape index (κ3) is 5.27. The summed E-state index contributed by atoms with van der Waals surface area (Å²) < 4.78 is 23.3. The molecule has 0 radical (unpaired) electrons. The maximum Gasteiger partial charge on any atom is 0.306 e. The molecule has 0 bridgehead atoms. The number of likely N-dealkylation sites (tertiary alicyclic amines) is 1. The summed E-state index contributed by atoms with van der Waals surface area (Å²) in [6, 6.07) is 9.68. The van der Waals surface area contributed by atoms with E-state index in [0.717, 1.165) is 31.5 Å². The van der Waals surface area contributed by atoms with E-state index < -0.39 is 29.9 Å². The molecule has 8 nitrogen and oxygen atoms in total. The van der Waals surface area contributed by atoms with Crippen LogP contribution >= 0.6 is 0 Å². The van der Waals surface area contributed by atoms with Crippen LogP contribution in [0, 0.1) is 5.92 Å². The van der Waals surface area contributed by atoms with Crippen molar-refractivity contribution in [3.05, 3.63) is 35.9 Å². The van der Waals surface area contributed by atoms with Crippen LogP contribution in [0.15, 0.2) is 30.3 Å². The van der Waals surface area contributed by atoms with E-state index in [0.29, 0.717) is 19.6 Å². The molecular formula is C23H33NO7. The van der Waals surface area contributed by atoms with E-state index in [1.54, 1.807) is 13.8 Å². The van der Waals surface area contributed by atoms with Crippen molar-refractivity contribution in [3.8, 4) is 0 Å². The van der Waals surface area contributed by atoms with Crippen LogP contribution in [0.5, 0.6) is 0 Å².